The highest BCUT2D eigenvalue weighted by atomic mass is 79.9. The van der Waals surface area contributed by atoms with Crippen LogP contribution in [-0.4, -0.2) is 0 Å². The Labute approximate surface area is 125 Å². The molecule has 2 aromatic rings. The normalized spacial score (nSPS) is 12.4. The van der Waals surface area contributed by atoms with Crippen LogP contribution in [0.3, 0.4) is 0 Å². The minimum absolute atomic E-state index is 0.277. The van der Waals surface area contributed by atoms with Crippen molar-refractivity contribution in [3.8, 4) is 0 Å². The van der Waals surface area contributed by atoms with Gasteiger partial charge in [-0.3, -0.25) is 11.3 Å². The van der Waals surface area contributed by atoms with Crippen molar-refractivity contribution in [2.24, 2.45) is 5.84 Å². The maximum atomic E-state index is 13.6. The van der Waals surface area contributed by atoms with Gasteiger partial charge in [-0.1, -0.05) is 28.1 Å². The molecule has 0 bridgehead atoms. The molecule has 0 aliphatic carbocycles. The fraction of sp³-hybridized carbons (Fsp3) is 0.200. The standard InChI is InChI=1S/C15H15BrF2N2/c1-9-2-3-10(7-14(9)18)15(20-19)8-11-6-12(17)4-5-13(11)16/h2-7,15,20H,8,19H2,1H3. The zero-order valence-electron chi connectivity index (χ0n) is 11.0. The molecule has 1 unspecified atom stereocenters. The average Bonchev–Trinajstić information content (AvgIpc) is 2.43. The smallest absolute Gasteiger partial charge is 0.126 e. The molecule has 0 fully saturated rings. The maximum absolute atomic E-state index is 13.6. The number of hydrogen-bond acceptors (Lipinski definition) is 2. The fourth-order valence-electron chi connectivity index (χ4n) is 2.02. The molecule has 20 heavy (non-hydrogen) atoms. The molecule has 0 heterocycles. The second-order valence-electron chi connectivity index (χ2n) is 4.67. The average molecular weight is 341 g/mol. The molecule has 2 rings (SSSR count). The van der Waals surface area contributed by atoms with E-state index in [1.165, 1.54) is 18.2 Å². The fourth-order valence-corrected chi connectivity index (χ4v) is 2.43. The van der Waals surface area contributed by atoms with Crippen LogP contribution in [-0.2, 0) is 6.42 Å². The van der Waals surface area contributed by atoms with Gasteiger partial charge in [0.05, 0.1) is 6.04 Å². The number of hydrogen-bond donors (Lipinski definition) is 2. The highest BCUT2D eigenvalue weighted by Crippen LogP contribution is 2.25. The number of benzene rings is 2. The van der Waals surface area contributed by atoms with Crippen molar-refractivity contribution >= 4 is 15.9 Å². The predicted molar refractivity (Wildman–Crippen MR) is 79.0 cm³/mol. The number of hydrazine groups is 1. The Balaban J connectivity index is 2.28. The van der Waals surface area contributed by atoms with Crippen molar-refractivity contribution in [3.05, 3.63) is 69.2 Å². The van der Waals surface area contributed by atoms with Crippen molar-refractivity contribution in [1.29, 1.82) is 0 Å². The third kappa shape index (κ3) is 3.42. The lowest BCUT2D eigenvalue weighted by Gasteiger charge is -2.18. The number of rotatable bonds is 4. The summed E-state index contributed by atoms with van der Waals surface area (Å²) < 4.78 is 27.7. The number of aryl methyl sites for hydroxylation is 1. The van der Waals surface area contributed by atoms with Gasteiger partial charge in [0.25, 0.3) is 0 Å². The highest BCUT2D eigenvalue weighted by molar-refractivity contribution is 9.10. The monoisotopic (exact) mass is 340 g/mol. The third-order valence-corrected chi connectivity index (χ3v) is 4.00. The molecule has 0 saturated heterocycles. The zero-order valence-corrected chi connectivity index (χ0v) is 12.5. The summed E-state index contributed by atoms with van der Waals surface area (Å²) in [5, 5.41) is 0. The van der Waals surface area contributed by atoms with Gasteiger partial charge in [0.15, 0.2) is 0 Å². The van der Waals surface area contributed by atoms with Crippen LogP contribution in [0.15, 0.2) is 40.9 Å². The van der Waals surface area contributed by atoms with E-state index in [-0.39, 0.29) is 17.7 Å². The van der Waals surface area contributed by atoms with Crippen LogP contribution in [0.25, 0.3) is 0 Å². The molecular formula is C15H15BrF2N2. The van der Waals surface area contributed by atoms with Crippen LogP contribution in [0, 0.1) is 18.6 Å². The van der Waals surface area contributed by atoms with Crippen LogP contribution in [0.5, 0.6) is 0 Å². The molecule has 0 aliphatic heterocycles. The van der Waals surface area contributed by atoms with Crippen LogP contribution in [0.1, 0.15) is 22.7 Å². The summed E-state index contributed by atoms with van der Waals surface area (Å²) in [7, 11) is 0. The van der Waals surface area contributed by atoms with Crippen LogP contribution >= 0.6 is 15.9 Å². The van der Waals surface area contributed by atoms with Crippen LogP contribution in [0.2, 0.25) is 0 Å². The van der Waals surface area contributed by atoms with Gasteiger partial charge in [-0.05, 0) is 54.3 Å². The van der Waals surface area contributed by atoms with E-state index in [0.717, 1.165) is 15.6 Å². The predicted octanol–water partition coefficient (Wildman–Crippen LogP) is 3.78. The molecular weight excluding hydrogens is 326 g/mol. The first kappa shape index (κ1) is 15.1. The summed E-state index contributed by atoms with van der Waals surface area (Å²) in [6, 6.07) is 9.15. The summed E-state index contributed by atoms with van der Waals surface area (Å²) in [6.07, 6.45) is 0.456. The first-order valence-corrected chi connectivity index (χ1v) is 6.96. The van der Waals surface area contributed by atoms with E-state index >= 15 is 0 Å². The molecule has 0 radical (unpaired) electrons. The van der Waals surface area contributed by atoms with E-state index in [9.17, 15) is 8.78 Å². The first-order chi connectivity index (χ1) is 9.51. The molecule has 2 aromatic carbocycles. The number of halogens is 3. The molecule has 0 spiro atoms. The largest absolute Gasteiger partial charge is 0.271 e. The second kappa shape index (κ2) is 6.43. The van der Waals surface area contributed by atoms with Gasteiger partial charge < -0.3 is 0 Å². The Kier molecular flexibility index (Phi) is 4.86. The molecule has 106 valence electrons. The third-order valence-electron chi connectivity index (χ3n) is 3.23. The Hall–Kier alpha value is -1.30. The van der Waals surface area contributed by atoms with Crippen molar-refractivity contribution in [3.63, 3.8) is 0 Å². The van der Waals surface area contributed by atoms with E-state index in [1.807, 2.05) is 6.07 Å². The molecule has 0 amide bonds. The van der Waals surface area contributed by atoms with Gasteiger partial charge in [-0.2, -0.15) is 0 Å². The van der Waals surface area contributed by atoms with E-state index < -0.39 is 0 Å². The lowest BCUT2D eigenvalue weighted by molar-refractivity contribution is 0.539. The first-order valence-electron chi connectivity index (χ1n) is 6.17. The summed E-state index contributed by atoms with van der Waals surface area (Å²) in [6.45, 7) is 1.70. The quantitative estimate of drug-likeness (QED) is 0.656. The summed E-state index contributed by atoms with van der Waals surface area (Å²) in [5.74, 6) is 4.96. The molecule has 0 aromatic heterocycles. The van der Waals surface area contributed by atoms with E-state index in [1.54, 1.807) is 19.1 Å². The van der Waals surface area contributed by atoms with Crippen molar-refractivity contribution < 1.29 is 8.78 Å². The van der Waals surface area contributed by atoms with Gasteiger partial charge in [0.1, 0.15) is 11.6 Å². The number of nitrogens with two attached hydrogens (primary N) is 1. The lowest BCUT2D eigenvalue weighted by Crippen LogP contribution is -2.29. The minimum Gasteiger partial charge on any atom is -0.271 e. The number of nitrogens with one attached hydrogen (secondary N) is 1. The molecule has 1 atom stereocenters. The molecule has 0 saturated carbocycles. The van der Waals surface area contributed by atoms with E-state index in [0.29, 0.717) is 12.0 Å². The molecule has 5 heteroatoms. The van der Waals surface area contributed by atoms with Crippen molar-refractivity contribution in [2.75, 3.05) is 0 Å². The Morgan fingerprint density at radius 2 is 1.95 bits per heavy atom. The van der Waals surface area contributed by atoms with Crippen LogP contribution < -0.4 is 11.3 Å². The van der Waals surface area contributed by atoms with Gasteiger partial charge >= 0.3 is 0 Å². The zero-order chi connectivity index (χ0) is 14.7. The van der Waals surface area contributed by atoms with Gasteiger partial charge in [0.2, 0.25) is 0 Å². The minimum atomic E-state index is -0.311. The molecule has 3 N–H and O–H groups in total. The lowest BCUT2D eigenvalue weighted by atomic mass is 9.98. The molecule has 0 aliphatic rings. The van der Waals surface area contributed by atoms with Crippen molar-refractivity contribution in [2.45, 2.75) is 19.4 Å². The van der Waals surface area contributed by atoms with Crippen molar-refractivity contribution in [1.82, 2.24) is 5.43 Å². The molecule has 2 nitrogen and oxygen atoms in total. The van der Waals surface area contributed by atoms with E-state index in [4.69, 9.17) is 5.84 Å². The topological polar surface area (TPSA) is 38.0 Å². The Morgan fingerprint density at radius 3 is 2.60 bits per heavy atom. The Morgan fingerprint density at radius 1 is 1.20 bits per heavy atom. The maximum Gasteiger partial charge on any atom is 0.126 e. The summed E-state index contributed by atoms with van der Waals surface area (Å²) >= 11 is 3.38. The van der Waals surface area contributed by atoms with Gasteiger partial charge in [0, 0.05) is 4.47 Å². The highest BCUT2D eigenvalue weighted by Gasteiger charge is 2.14. The SMILES string of the molecule is Cc1ccc(C(Cc2cc(F)ccc2Br)NN)cc1F. The second-order valence-corrected chi connectivity index (χ2v) is 5.52. The van der Waals surface area contributed by atoms with E-state index in [2.05, 4.69) is 21.4 Å². The Bertz CT molecular complexity index is 617. The van der Waals surface area contributed by atoms with Gasteiger partial charge in [-0.25, -0.2) is 8.78 Å². The van der Waals surface area contributed by atoms with Gasteiger partial charge in [-0.15, -0.1) is 0 Å². The van der Waals surface area contributed by atoms with Crippen LogP contribution in [0.4, 0.5) is 8.78 Å². The summed E-state index contributed by atoms with van der Waals surface area (Å²) in [4.78, 5) is 0. The summed E-state index contributed by atoms with van der Waals surface area (Å²) in [5.41, 5.74) is 4.73.